The molecule has 4 aromatic carbocycles. The zero-order valence-electron chi connectivity index (χ0n) is 22.2. The minimum Gasteiger partial charge on any atom is -0.325 e. The second-order valence-electron chi connectivity index (χ2n) is 9.09. The minimum absolute atomic E-state index is 0.0764. The molecule has 9 heteroatoms. The third kappa shape index (κ3) is 8.43. The van der Waals surface area contributed by atoms with Crippen molar-refractivity contribution in [1.29, 1.82) is 5.26 Å². The van der Waals surface area contributed by atoms with Crippen molar-refractivity contribution in [3.8, 4) is 6.07 Å². The van der Waals surface area contributed by atoms with E-state index in [0.717, 1.165) is 16.2 Å². The fourth-order valence-corrected chi connectivity index (χ4v) is 5.54. The van der Waals surface area contributed by atoms with Crippen LogP contribution in [-0.4, -0.2) is 23.4 Å². The van der Waals surface area contributed by atoms with E-state index in [1.807, 2.05) is 6.07 Å². The molecule has 0 fully saturated rings. The van der Waals surface area contributed by atoms with Crippen molar-refractivity contribution in [3.63, 3.8) is 0 Å². The molecule has 0 heterocycles. The largest absolute Gasteiger partial charge is 0.325 e. The van der Waals surface area contributed by atoms with E-state index >= 15 is 0 Å². The van der Waals surface area contributed by atoms with Gasteiger partial charge in [0.1, 0.15) is 0 Å². The number of hydrogen-bond donors (Lipinski definition) is 2. The molecule has 6 nitrogen and oxygen atoms in total. The molecule has 42 heavy (non-hydrogen) atoms. The first kappa shape index (κ1) is 30.8. The van der Waals surface area contributed by atoms with E-state index < -0.39 is 11.8 Å². The summed E-state index contributed by atoms with van der Waals surface area (Å²) >= 11 is 11.0. The zero-order valence-corrected chi connectivity index (χ0v) is 25.4. The van der Waals surface area contributed by atoms with Crippen LogP contribution in [0.2, 0.25) is 5.02 Å². The topological polar surface area (TPSA) is 99.1 Å². The maximum absolute atomic E-state index is 13.4. The van der Waals surface area contributed by atoms with Crippen molar-refractivity contribution >= 4 is 62.6 Å². The molecule has 0 aromatic heterocycles. The monoisotopic (exact) mass is 657 g/mol. The van der Waals surface area contributed by atoms with E-state index in [2.05, 4.69) is 32.6 Å². The number of hydrogen-bond acceptors (Lipinski definition) is 5. The third-order valence-electron chi connectivity index (χ3n) is 6.22. The fourth-order valence-electron chi connectivity index (χ4n) is 4.15. The van der Waals surface area contributed by atoms with Crippen LogP contribution in [0.3, 0.4) is 0 Å². The summed E-state index contributed by atoms with van der Waals surface area (Å²) in [5.74, 6) is -1.87. The maximum atomic E-state index is 13.4. The van der Waals surface area contributed by atoms with Gasteiger partial charge < -0.3 is 10.6 Å². The SMILES string of the molecule is N#C/C(=C(/NC(=O)c1ccccc1)SCC(=O)Nc1ccc(Br)cc1)[C@H](CC(=O)c1ccccc1)c1ccccc1Cl. The number of anilines is 1. The third-order valence-corrected chi connectivity index (χ3v) is 8.11. The van der Waals surface area contributed by atoms with E-state index in [1.165, 1.54) is 0 Å². The standard InChI is InChI=1S/C33H25BrClN3O3S/c34-24-15-17-25(18-16-24)37-31(40)21-42-33(38-32(41)23-11-5-2-6-12-23)28(20-36)27(26-13-7-8-14-29(26)35)19-30(39)22-9-3-1-4-10-22/h1-18,27H,19,21H2,(H,37,40)(H,38,41)/b33-28+/t27-/m1/s1. The van der Waals surface area contributed by atoms with Gasteiger partial charge in [-0.25, -0.2) is 0 Å². The predicted molar refractivity (Wildman–Crippen MR) is 171 cm³/mol. The van der Waals surface area contributed by atoms with Crippen molar-refractivity contribution < 1.29 is 14.4 Å². The Balaban J connectivity index is 1.72. The summed E-state index contributed by atoms with van der Waals surface area (Å²) in [6.07, 6.45) is -0.0764. The molecule has 0 saturated heterocycles. The molecule has 4 rings (SSSR count). The van der Waals surface area contributed by atoms with Gasteiger partial charge in [-0.3, -0.25) is 14.4 Å². The summed E-state index contributed by atoms with van der Waals surface area (Å²) in [6, 6.07) is 33.6. The number of nitriles is 1. The lowest BCUT2D eigenvalue weighted by atomic mass is 9.86. The van der Waals surface area contributed by atoms with Crippen LogP contribution in [-0.2, 0) is 4.79 Å². The van der Waals surface area contributed by atoms with E-state index in [0.29, 0.717) is 27.4 Å². The van der Waals surface area contributed by atoms with Crippen LogP contribution in [0.15, 0.2) is 124 Å². The van der Waals surface area contributed by atoms with E-state index in [-0.39, 0.29) is 34.5 Å². The first-order chi connectivity index (χ1) is 20.4. The highest BCUT2D eigenvalue weighted by Gasteiger charge is 2.28. The molecule has 210 valence electrons. The highest BCUT2D eigenvalue weighted by molar-refractivity contribution is 9.10. The molecule has 0 aliphatic rings. The molecular formula is C33H25BrClN3O3S. The predicted octanol–water partition coefficient (Wildman–Crippen LogP) is 8.00. The van der Waals surface area contributed by atoms with Crippen molar-refractivity contribution in [3.05, 3.63) is 146 Å². The molecule has 0 bridgehead atoms. The number of benzene rings is 4. The van der Waals surface area contributed by atoms with Crippen LogP contribution < -0.4 is 10.6 Å². The van der Waals surface area contributed by atoms with Gasteiger partial charge in [-0.2, -0.15) is 5.26 Å². The number of Topliss-reactive ketones (excluding diaryl/α,β-unsaturated/α-hetero) is 1. The molecule has 0 aliphatic carbocycles. The van der Waals surface area contributed by atoms with Gasteiger partial charge >= 0.3 is 0 Å². The number of nitrogens with zero attached hydrogens (tertiary/aromatic N) is 1. The van der Waals surface area contributed by atoms with E-state index in [1.54, 1.807) is 103 Å². The molecule has 2 amide bonds. The maximum Gasteiger partial charge on any atom is 0.256 e. The second-order valence-corrected chi connectivity index (χ2v) is 11.4. The van der Waals surface area contributed by atoms with Crippen LogP contribution in [0, 0.1) is 11.3 Å². The number of carbonyl (C=O) groups excluding carboxylic acids is 3. The van der Waals surface area contributed by atoms with Gasteiger partial charge in [0.25, 0.3) is 5.91 Å². The Morgan fingerprint density at radius 3 is 2.05 bits per heavy atom. The van der Waals surface area contributed by atoms with Gasteiger partial charge in [-0.1, -0.05) is 106 Å². The van der Waals surface area contributed by atoms with Crippen LogP contribution >= 0.6 is 39.3 Å². The highest BCUT2D eigenvalue weighted by atomic mass is 79.9. The number of allylic oxidation sites excluding steroid dienone is 1. The summed E-state index contributed by atoms with van der Waals surface area (Å²) in [7, 11) is 0. The number of halogens is 2. The first-order valence-corrected chi connectivity index (χ1v) is 15.0. The fraction of sp³-hybridized carbons (Fsp3) is 0.0909. The Bertz CT molecular complexity index is 1640. The quantitative estimate of drug-likeness (QED) is 0.126. The second kappa shape index (κ2) is 15.2. The average Bonchev–Trinajstić information content (AvgIpc) is 3.01. The van der Waals surface area contributed by atoms with Crippen molar-refractivity contribution in [1.82, 2.24) is 5.32 Å². The molecule has 0 radical (unpaired) electrons. The van der Waals surface area contributed by atoms with Crippen molar-refractivity contribution in [2.24, 2.45) is 0 Å². The van der Waals surface area contributed by atoms with Crippen molar-refractivity contribution in [2.75, 3.05) is 11.1 Å². The average molecular weight is 659 g/mol. The lowest BCUT2D eigenvalue weighted by Gasteiger charge is -2.21. The molecule has 2 N–H and O–H groups in total. The number of amides is 2. The van der Waals surface area contributed by atoms with Crippen molar-refractivity contribution in [2.45, 2.75) is 12.3 Å². The highest BCUT2D eigenvalue weighted by Crippen LogP contribution is 2.37. The smallest absolute Gasteiger partial charge is 0.256 e. The summed E-state index contributed by atoms with van der Waals surface area (Å²) in [4.78, 5) is 39.5. The summed E-state index contributed by atoms with van der Waals surface area (Å²) in [6.45, 7) is 0. The Kier molecular flexibility index (Phi) is 11.1. The minimum atomic E-state index is -0.787. The molecular weight excluding hydrogens is 634 g/mol. The zero-order chi connectivity index (χ0) is 29.9. The number of thioether (sulfide) groups is 1. The van der Waals surface area contributed by atoms with Crippen LogP contribution in [0.4, 0.5) is 5.69 Å². The number of carbonyl (C=O) groups is 3. The van der Waals surface area contributed by atoms with Gasteiger partial charge in [0.05, 0.1) is 22.4 Å². The molecule has 1 atom stereocenters. The lowest BCUT2D eigenvalue weighted by Crippen LogP contribution is -2.25. The molecule has 0 spiro atoms. The van der Waals surface area contributed by atoms with E-state index in [9.17, 15) is 19.6 Å². The van der Waals surface area contributed by atoms with Crippen LogP contribution in [0.1, 0.15) is 38.6 Å². The Morgan fingerprint density at radius 1 is 0.833 bits per heavy atom. The van der Waals surface area contributed by atoms with Gasteiger partial charge in [-0.15, -0.1) is 0 Å². The first-order valence-electron chi connectivity index (χ1n) is 12.9. The Hall–Kier alpha value is -4.16. The van der Waals surface area contributed by atoms with Crippen LogP contribution in [0.25, 0.3) is 0 Å². The Morgan fingerprint density at radius 2 is 1.43 bits per heavy atom. The van der Waals surface area contributed by atoms with Crippen LogP contribution in [0.5, 0.6) is 0 Å². The molecule has 0 unspecified atom stereocenters. The lowest BCUT2D eigenvalue weighted by molar-refractivity contribution is -0.113. The summed E-state index contributed by atoms with van der Waals surface area (Å²) < 4.78 is 0.873. The van der Waals surface area contributed by atoms with Gasteiger partial charge in [-0.05, 0) is 48.0 Å². The normalized spacial score (nSPS) is 11.9. The van der Waals surface area contributed by atoms with E-state index in [4.69, 9.17) is 11.6 Å². The summed E-state index contributed by atoms with van der Waals surface area (Å²) in [5.41, 5.74) is 2.15. The van der Waals surface area contributed by atoms with Gasteiger partial charge in [0, 0.05) is 38.6 Å². The Labute approximate surface area is 261 Å². The number of nitrogens with one attached hydrogen (secondary N) is 2. The molecule has 4 aromatic rings. The number of ketones is 1. The van der Waals surface area contributed by atoms with Gasteiger partial charge in [0.2, 0.25) is 5.91 Å². The molecule has 0 aliphatic heterocycles. The molecule has 0 saturated carbocycles. The number of rotatable bonds is 11. The summed E-state index contributed by atoms with van der Waals surface area (Å²) in [5, 5.41) is 16.7. The van der Waals surface area contributed by atoms with Gasteiger partial charge in [0.15, 0.2) is 5.78 Å².